The molecule has 3 heteroatoms. The Morgan fingerprint density at radius 2 is 1.95 bits per heavy atom. The van der Waals surface area contributed by atoms with Gasteiger partial charge in [0.2, 0.25) is 0 Å². The Hall–Kier alpha value is -0.120. The number of hydrogen-bond donors (Lipinski definition) is 2. The Morgan fingerprint density at radius 1 is 1.20 bits per heavy atom. The van der Waals surface area contributed by atoms with Gasteiger partial charge in [0.05, 0.1) is 6.61 Å². The molecule has 20 heavy (non-hydrogen) atoms. The fourth-order valence-electron chi connectivity index (χ4n) is 4.05. The van der Waals surface area contributed by atoms with Crippen LogP contribution in [0.2, 0.25) is 0 Å². The van der Waals surface area contributed by atoms with E-state index in [1.165, 1.54) is 64.6 Å². The quantitative estimate of drug-likeness (QED) is 0.753. The predicted molar refractivity (Wildman–Crippen MR) is 84.9 cm³/mol. The van der Waals surface area contributed by atoms with Crippen molar-refractivity contribution in [1.82, 2.24) is 10.2 Å². The van der Waals surface area contributed by atoms with E-state index in [0.717, 1.165) is 12.5 Å². The molecule has 3 nitrogen and oxygen atoms in total. The summed E-state index contributed by atoms with van der Waals surface area (Å²) in [5, 5.41) is 13.3. The summed E-state index contributed by atoms with van der Waals surface area (Å²) in [6.45, 7) is 9.59. The number of nitrogens with zero attached hydrogens (tertiary/aromatic N) is 1. The molecule has 2 N–H and O–H groups in total. The normalized spacial score (nSPS) is 27.3. The van der Waals surface area contributed by atoms with Gasteiger partial charge in [-0.3, -0.25) is 4.90 Å². The van der Waals surface area contributed by atoms with Crippen molar-refractivity contribution < 1.29 is 5.11 Å². The van der Waals surface area contributed by atoms with Crippen molar-refractivity contribution in [2.45, 2.75) is 64.8 Å². The molecule has 118 valence electrons. The second kappa shape index (κ2) is 7.77. The molecule has 1 aliphatic heterocycles. The molecule has 1 aliphatic carbocycles. The largest absolute Gasteiger partial charge is 0.395 e. The second-order valence-corrected chi connectivity index (χ2v) is 7.53. The van der Waals surface area contributed by atoms with Gasteiger partial charge >= 0.3 is 0 Å². The van der Waals surface area contributed by atoms with Crippen molar-refractivity contribution in [3.8, 4) is 0 Å². The smallest absolute Gasteiger partial charge is 0.0586 e. The fourth-order valence-corrected chi connectivity index (χ4v) is 4.05. The highest BCUT2D eigenvalue weighted by atomic mass is 16.3. The van der Waals surface area contributed by atoms with Crippen LogP contribution in [0.4, 0.5) is 0 Å². The number of nitrogens with one attached hydrogen (secondary N) is 1. The lowest BCUT2D eigenvalue weighted by Crippen LogP contribution is -2.50. The topological polar surface area (TPSA) is 35.5 Å². The van der Waals surface area contributed by atoms with Crippen LogP contribution >= 0.6 is 0 Å². The summed E-state index contributed by atoms with van der Waals surface area (Å²) in [4.78, 5) is 2.59. The van der Waals surface area contributed by atoms with Crippen molar-refractivity contribution in [3.63, 3.8) is 0 Å². The molecule has 0 bridgehead atoms. The van der Waals surface area contributed by atoms with E-state index in [1.807, 2.05) is 0 Å². The molecular formula is C17H34N2O. The third kappa shape index (κ3) is 4.44. The molecular weight excluding hydrogens is 248 g/mol. The lowest BCUT2D eigenvalue weighted by atomic mass is 9.84. The first-order valence-electron chi connectivity index (χ1n) is 8.71. The Bertz CT molecular complexity index is 274. The molecule has 1 heterocycles. The summed E-state index contributed by atoms with van der Waals surface area (Å²) in [5.41, 5.74) is 0.472. The van der Waals surface area contributed by atoms with Crippen molar-refractivity contribution in [1.29, 1.82) is 0 Å². The molecule has 2 aliphatic rings. The fraction of sp³-hybridized carbons (Fsp3) is 1.00. The molecule has 0 aromatic heterocycles. The van der Waals surface area contributed by atoms with E-state index in [4.69, 9.17) is 0 Å². The first-order chi connectivity index (χ1) is 9.65. The van der Waals surface area contributed by atoms with Crippen LogP contribution in [0.3, 0.4) is 0 Å². The van der Waals surface area contributed by atoms with Gasteiger partial charge in [-0.05, 0) is 50.1 Å². The highest BCUT2D eigenvalue weighted by molar-refractivity contribution is 4.92. The molecule has 2 rings (SSSR count). The molecule has 0 aromatic rings. The minimum absolute atomic E-state index is 0.343. The lowest BCUT2D eigenvalue weighted by Gasteiger charge is -2.41. The van der Waals surface area contributed by atoms with Crippen LogP contribution in [0, 0.1) is 11.3 Å². The zero-order chi connectivity index (χ0) is 14.4. The number of hydrogen-bond acceptors (Lipinski definition) is 3. The predicted octanol–water partition coefficient (Wildman–Crippen LogP) is 2.64. The lowest BCUT2D eigenvalue weighted by molar-refractivity contribution is 0.0482. The van der Waals surface area contributed by atoms with Gasteiger partial charge in [-0.1, -0.05) is 33.1 Å². The van der Waals surface area contributed by atoms with Gasteiger partial charge in [-0.15, -0.1) is 0 Å². The molecule has 1 unspecified atom stereocenters. The Balaban J connectivity index is 1.90. The van der Waals surface area contributed by atoms with Crippen LogP contribution in [0.25, 0.3) is 0 Å². The van der Waals surface area contributed by atoms with Gasteiger partial charge in [0, 0.05) is 19.1 Å². The average Bonchev–Trinajstić information content (AvgIpc) is 2.87. The summed E-state index contributed by atoms with van der Waals surface area (Å²) < 4.78 is 0. The van der Waals surface area contributed by atoms with Crippen molar-refractivity contribution in [3.05, 3.63) is 0 Å². The number of piperidine rings is 1. The SMILES string of the molecule is CC(C)CNCC1(CN2CCCCC2CO)CCCC1. The maximum atomic E-state index is 9.61. The Morgan fingerprint density at radius 3 is 2.60 bits per heavy atom. The molecule has 0 aromatic carbocycles. The average molecular weight is 282 g/mol. The van der Waals surface area contributed by atoms with E-state index in [9.17, 15) is 5.11 Å². The molecule has 1 atom stereocenters. The maximum Gasteiger partial charge on any atom is 0.0586 e. The molecule has 1 saturated heterocycles. The van der Waals surface area contributed by atoms with Crippen LogP contribution in [0.1, 0.15) is 58.8 Å². The van der Waals surface area contributed by atoms with E-state index in [0.29, 0.717) is 18.1 Å². The number of aliphatic hydroxyl groups is 1. The van der Waals surface area contributed by atoms with E-state index < -0.39 is 0 Å². The molecule has 2 fully saturated rings. The van der Waals surface area contributed by atoms with Crippen LogP contribution in [-0.2, 0) is 0 Å². The standard InChI is InChI=1S/C17H34N2O/c1-15(2)11-18-13-17(8-4-5-9-17)14-19-10-6-3-7-16(19)12-20/h15-16,18,20H,3-14H2,1-2H3. The van der Waals surface area contributed by atoms with Crippen LogP contribution < -0.4 is 5.32 Å². The van der Waals surface area contributed by atoms with E-state index in [1.54, 1.807) is 0 Å². The van der Waals surface area contributed by atoms with Gasteiger partial charge in [0.15, 0.2) is 0 Å². The van der Waals surface area contributed by atoms with E-state index in [2.05, 4.69) is 24.1 Å². The summed E-state index contributed by atoms with van der Waals surface area (Å²) in [6.07, 6.45) is 9.31. The maximum absolute atomic E-state index is 9.61. The van der Waals surface area contributed by atoms with E-state index in [-0.39, 0.29) is 0 Å². The zero-order valence-electron chi connectivity index (χ0n) is 13.5. The molecule has 0 amide bonds. The van der Waals surface area contributed by atoms with Crippen molar-refractivity contribution in [2.24, 2.45) is 11.3 Å². The number of rotatable bonds is 7. The molecule has 0 spiro atoms. The highest BCUT2D eigenvalue weighted by Crippen LogP contribution is 2.39. The van der Waals surface area contributed by atoms with Gasteiger partial charge in [0.25, 0.3) is 0 Å². The molecule has 1 saturated carbocycles. The molecule has 0 radical (unpaired) electrons. The van der Waals surface area contributed by atoms with Gasteiger partial charge < -0.3 is 10.4 Å². The van der Waals surface area contributed by atoms with Crippen molar-refractivity contribution in [2.75, 3.05) is 32.8 Å². The van der Waals surface area contributed by atoms with Gasteiger partial charge in [-0.25, -0.2) is 0 Å². The van der Waals surface area contributed by atoms with Crippen LogP contribution in [-0.4, -0.2) is 48.8 Å². The summed E-state index contributed by atoms with van der Waals surface area (Å²) in [5.74, 6) is 0.730. The minimum atomic E-state index is 0.343. The van der Waals surface area contributed by atoms with Gasteiger partial charge in [-0.2, -0.15) is 0 Å². The first-order valence-corrected chi connectivity index (χ1v) is 8.71. The Labute approximate surface area is 125 Å². The Kier molecular flexibility index (Phi) is 6.31. The zero-order valence-corrected chi connectivity index (χ0v) is 13.5. The monoisotopic (exact) mass is 282 g/mol. The summed E-state index contributed by atoms with van der Waals surface area (Å²) >= 11 is 0. The van der Waals surface area contributed by atoms with Crippen molar-refractivity contribution >= 4 is 0 Å². The highest BCUT2D eigenvalue weighted by Gasteiger charge is 2.37. The number of aliphatic hydroxyl groups excluding tert-OH is 1. The minimum Gasteiger partial charge on any atom is -0.395 e. The van der Waals surface area contributed by atoms with Gasteiger partial charge in [0.1, 0.15) is 0 Å². The number of likely N-dealkylation sites (tertiary alicyclic amines) is 1. The summed E-state index contributed by atoms with van der Waals surface area (Å²) in [6, 6.07) is 0.423. The first kappa shape index (κ1) is 16.3. The third-order valence-corrected chi connectivity index (χ3v) is 5.22. The van der Waals surface area contributed by atoms with Crippen LogP contribution in [0.5, 0.6) is 0 Å². The second-order valence-electron chi connectivity index (χ2n) is 7.53. The van der Waals surface area contributed by atoms with E-state index >= 15 is 0 Å². The third-order valence-electron chi connectivity index (χ3n) is 5.22. The van der Waals surface area contributed by atoms with Crippen LogP contribution in [0.15, 0.2) is 0 Å². The summed E-state index contributed by atoms with van der Waals surface area (Å²) in [7, 11) is 0.